The van der Waals surface area contributed by atoms with Gasteiger partial charge in [0, 0.05) is 17.3 Å². The summed E-state index contributed by atoms with van der Waals surface area (Å²) in [6.45, 7) is 2.21. The Morgan fingerprint density at radius 2 is 1.74 bits per heavy atom. The average molecular weight is 544 g/mol. The number of carbonyl (C=O) groups is 1. The molecule has 180 valence electrons. The van der Waals surface area contributed by atoms with Crippen LogP contribution in [-0.4, -0.2) is 15.7 Å². The zero-order valence-corrected chi connectivity index (χ0v) is 20.2. The number of nitrogens with zero attached hydrogens (tertiary/aromatic N) is 2. The van der Waals surface area contributed by atoms with Crippen molar-refractivity contribution in [2.75, 3.05) is 5.32 Å². The van der Waals surface area contributed by atoms with Gasteiger partial charge in [0.1, 0.15) is 12.4 Å². The Labute approximate surface area is 208 Å². The van der Waals surface area contributed by atoms with Crippen LogP contribution in [0.2, 0.25) is 0 Å². The van der Waals surface area contributed by atoms with Gasteiger partial charge >= 0.3 is 6.18 Å². The van der Waals surface area contributed by atoms with Crippen LogP contribution in [-0.2, 0) is 19.3 Å². The summed E-state index contributed by atoms with van der Waals surface area (Å²) in [5.74, 6) is 0.662. The van der Waals surface area contributed by atoms with E-state index in [4.69, 9.17) is 4.74 Å². The molecule has 1 aromatic heterocycles. The van der Waals surface area contributed by atoms with Crippen molar-refractivity contribution in [2.45, 2.75) is 26.3 Å². The van der Waals surface area contributed by atoms with Gasteiger partial charge in [-0.05, 0) is 70.4 Å². The molecule has 4 aromatic rings. The second-order valence-electron chi connectivity index (χ2n) is 7.90. The van der Waals surface area contributed by atoms with E-state index in [0.29, 0.717) is 28.4 Å². The lowest BCUT2D eigenvalue weighted by Gasteiger charge is -2.10. The first kappa shape index (κ1) is 24.5. The van der Waals surface area contributed by atoms with Gasteiger partial charge in [0.25, 0.3) is 5.91 Å². The standard InChI is InChI=1S/C26H21BrF3N3O2/c1-17-12-24(32-33(17)15-18-6-5-9-21(14-18)26(28,29)30)31-25(34)20-8-4-7-19(13-20)16-35-23-11-3-2-10-22(23)27/h2-14H,15-16H2,1H3,(H,31,32,34). The summed E-state index contributed by atoms with van der Waals surface area (Å²) in [6.07, 6.45) is -4.41. The molecule has 0 aliphatic carbocycles. The van der Waals surface area contributed by atoms with E-state index in [1.54, 1.807) is 41.9 Å². The Morgan fingerprint density at radius 1 is 1.00 bits per heavy atom. The highest BCUT2D eigenvalue weighted by atomic mass is 79.9. The summed E-state index contributed by atoms with van der Waals surface area (Å²) in [6, 6.07) is 21.3. The number of hydrogen-bond acceptors (Lipinski definition) is 3. The zero-order chi connectivity index (χ0) is 25.0. The average Bonchev–Trinajstić information content (AvgIpc) is 3.16. The smallest absolute Gasteiger partial charge is 0.416 e. The second kappa shape index (κ2) is 10.4. The van der Waals surface area contributed by atoms with E-state index >= 15 is 0 Å². The van der Waals surface area contributed by atoms with Gasteiger partial charge in [0.2, 0.25) is 0 Å². The van der Waals surface area contributed by atoms with Gasteiger partial charge in [-0.25, -0.2) is 0 Å². The van der Waals surface area contributed by atoms with Crippen molar-refractivity contribution in [1.29, 1.82) is 0 Å². The van der Waals surface area contributed by atoms with Crippen LogP contribution in [0, 0.1) is 6.92 Å². The fourth-order valence-electron chi connectivity index (χ4n) is 3.46. The fourth-order valence-corrected chi connectivity index (χ4v) is 3.86. The molecule has 0 aliphatic heterocycles. The molecule has 3 aromatic carbocycles. The van der Waals surface area contributed by atoms with Crippen molar-refractivity contribution in [2.24, 2.45) is 0 Å². The summed E-state index contributed by atoms with van der Waals surface area (Å²) < 4.78 is 47.2. The monoisotopic (exact) mass is 543 g/mol. The fraction of sp³-hybridized carbons (Fsp3) is 0.154. The minimum Gasteiger partial charge on any atom is -0.488 e. The molecule has 5 nitrogen and oxygen atoms in total. The number of aryl methyl sites for hydroxylation is 1. The first-order chi connectivity index (χ1) is 16.7. The molecule has 0 unspecified atom stereocenters. The highest BCUT2D eigenvalue weighted by Crippen LogP contribution is 2.30. The number of amides is 1. The Kier molecular flexibility index (Phi) is 7.25. The largest absolute Gasteiger partial charge is 0.488 e. The lowest BCUT2D eigenvalue weighted by Crippen LogP contribution is -2.13. The Hall–Kier alpha value is -3.59. The van der Waals surface area contributed by atoms with Crippen LogP contribution in [0.25, 0.3) is 0 Å². The molecular weight excluding hydrogens is 523 g/mol. The van der Waals surface area contributed by atoms with E-state index in [0.717, 1.165) is 22.2 Å². The third-order valence-corrected chi connectivity index (χ3v) is 5.88. The number of hydrogen-bond donors (Lipinski definition) is 1. The number of halogens is 4. The van der Waals surface area contributed by atoms with Crippen LogP contribution in [0.15, 0.2) is 83.3 Å². The van der Waals surface area contributed by atoms with E-state index in [9.17, 15) is 18.0 Å². The maximum atomic E-state index is 13.0. The SMILES string of the molecule is Cc1cc(NC(=O)c2cccc(COc3ccccc3Br)c2)nn1Cc1cccc(C(F)(F)F)c1. The van der Waals surface area contributed by atoms with Crippen molar-refractivity contribution >= 4 is 27.7 Å². The number of aromatic nitrogens is 2. The van der Waals surface area contributed by atoms with Gasteiger partial charge in [0.15, 0.2) is 5.82 Å². The molecule has 0 atom stereocenters. The van der Waals surface area contributed by atoms with E-state index in [-0.39, 0.29) is 19.1 Å². The Bertz CT molecular complexity index is 1350. The molecule has 0 radical (unpaired) electrons. The molecule has 0 saturated heterocycles. The molecule has 1 N–H and O–H groups in total. The van der Waals surface area contributed by atoms with Crippen LogP contribution in [0.4, 0.5) is 19.0 Å². The number of carbonyl (C=O) groups excluding carboxylic acids is 1. The number of para-hydroxylation sites is 1. The lowest BCUT2D eigenvalue weighted by atomic mass is 10.1. The van der Waals surface area contributed by atoms with Crippen molar-refractivity contribution < 1.29 is 22.7 Å². The summed E-state index contributed by atoms with van der Waals surface area (Å²) in [5, 5.41) is 7.10. The lowest BCUT2D eigenvalue weighted by molar-refractivity contribution is -0.137. The van der Waals surface area contributed by atoms with Crippen LogP contribution >= 0.6 is 15.9 Å². The van der Waals surface area contributed by atoms with E-state index in [2.05, 4.69) is 26.3 Å². The van der Waals surface area contributed by atoms with Crippen LogP contribution in [0.1, 0.15) is 32.7 Å². The Morgan fingerprint density at radius 3 is 2.51 bits per heavy atom. The Balaban J connectivity index is 1.42. The van der Waals surface area contributed by atoms with Crippen molar-refractivity contribution in [1.82, 2.24) is 9.78 Å². The summed E-state index contributed by atoms with van der Waals surface area (Å²) >= 11 is 3.44. The molecule has 0 spiro atoms. The molecule has 0 aliphatic rings. The molecule has 0 saturated carbocycles. The first-order valence-corrected chi connectivity index (χ1v) is 11.5. The predicted molar refractivity (Wildman–Crippen MR) is 130 cm³/mol. The molecule has 0 fully saturated rings. The highest BCUT2D eigenvalue weighted by molar-refractivity contribution is 9.10. The third kappa shape index (κ3) is 6.30. The molecule has 0 bridgehead atoms. The van der Waals surface area contributed by atoms with Crippen LogP contribution < -0.4 is 10.1 Å². The molecule has 1 heterocycles. The predicted octanol–water partition coefficient (Wildman–Crippen LogP) is 6.85. The molecule has 4 rings (SSSR count). The maximum absolute atomic E-state index is 13.0. The molecular formula is C26H21BrF3N3O2. The normalized spacial score (nSPS) is 11.3. The second-order valence-corrected chi connectivity index (χ2v) is 8.75. The van der Waals surface area contributed by atoms with E-state index < -0.39 is 11.7 Å². The minimum absolute atomic E-state index is 0.146. The van der Waals surface area contributed by atoms with Gasteiger partial charge < -0.3 is 10.1 Å². The van der Waals surface area contributed by atoms with Crippen molar-refractivity contribution in [3.05, 3.63) is 111 Å². The third-order valence-electron chi connectivity index (χ3n) is 5.23. The van der Waals surface area contributed by atoms with Gasteiger partial charge in [-0.1, -0.05) is 36.4 Å². The molecule has 1 amide bonds. The van der Waals surface area contributed by atoms with E-state index in [1.807, 2.05) is 30.3 Å². The van der Waals surface area contributed by atoms with Crippen molar-refractivity contribution in [3.8, 4) is 5.75 Å². The van der Waals surface area contributed by atoms with Gasteiger partial charge in [-0.3, -0.25) is 9.48 Å². The van der Waals surface area contributed by atoms with Crippen LogP contribution in [0.3, 0.4) is 0 Å². The first-order valence-electron chi connectivity index (χ1n) is 10.7. The number of benzene rings is 3. The number of ether oxygens (including phenoxy) is 1. The topological polar surface area (TPSA) is 56.1 Å². The highest BCUT2D eigenvalue weighted by Gasteiger charge is 2.30. The number of alkyl halides is 3. The maximum Gasteiger partial charge on any atom is 0.416 e. The van der Waals surface area contributed by atoms with E-state index in [1.165, 1.54) is 6.07 Å². The van der Waals surface area contributed by atoms with Crippen molar-refractivity contribution in [3.63, 3.8) is 0 Å². The number of nitrogens with one attached hydrogen (secondary N) is 1. The molecule has 9 heteroatoms. The summed E-state index contributed by atoms with van der Waals surface area (Å²) in [7, 11) is 0. The molecule has 35 heavy (non-hydrogen) atoms. The quantitative estimate of drug-likeness (QED) is 0.277. The van der Waals surface area contributed by atoms with Gasteiger partial charge in [0.05, 0.1) is 16.6 Å². The number of anilines is 1. The summed E-state index contributed by atoms with van der Waals surface area (Å²) in [5.41, 5.74) is 1.70. The zero-order valence-electron chi connectivity index (χ0n) is 18.6. The van der Waals surface area contributed by atoms with Crippen LogP contribution in [0.5, 0.6) is 5.75 Å². The minimum atomic E-state index is -4.41. The summed E-state index contributed by atoms with van der Waals surface area (Å²) in [4.78, 5) is 12.8. The van der Waals surface area contributed by atoms with Gasteiger partial charge in [-0.15, -0.1) is 0 Å². The van der Waals surface area contributed by atoms with Gasteiger partial charge in [-0.2, -0.15) is 18.3 Å². The number of rotatable bonds is 7.